The van der Waals surface area contributed by atoms with Crippen molar-refractivity contribution in [3.05, 3.63) is 66.4 Å². The summed E-state index contributed by atoms with van der Waals surface area (Å²) in [7, 11) is 0. The molecule has 0 aliphatic heterocycles. The molecule has 0 atom stereocenters. The molecule has 3 heteroatoms. The van der Waals surface area contributed by atoms with Crippen molar-refractivity contribution in [3.63, 3.8) is 0 Å². The first kappa shape index (κ1) is 13.4. The zero-order valence-corrected chi connectivity index (χ0v) is 12.1. The minimum Gasteiger partial charge on any atom is -0.489 e. The van der Waals surface area contributed by atoms with Crippen LogP contribution in [-0.4, -0.2) is 10.9 Å². The van der Waals surface area contributed by atoms with Gasteiger partial charge in [0.25, 0.3) is 0 Å². The van der Waals surface area contributed by atoms with Crippen LogP contribution >= 0.6 is 0 Å². The summed E-state index contributed by atoms with van der Waals surface area (Å²) >= 11 is 0. The monoisotopic (exact) mass is 278 g/mol. The quantitative estimate of drug-likeness (QED) is 0.633. The highest BCUT2D eigenvalue weighted by molar-refractivity contribution is 5.82. The van der Waals surface area contributed by atoms with Gasteiger partial charge in [-0.05, 0) is 36.2 Å². The number of aromatic nitrogens is 1. The lowest BCUT2D eigenvalue weighted by atomic mass is 10.2. The average Bonchev–Trinajstić information content (AvgIpc) is 2.94. The molecule has 0 amide bonds. The van der Waals surface area contributed by atoms with Gasteiger partial charge in [0.15, 0.2) is 0 Å². The fraction of sp³-hybridized carbons (Fsp3) is 0.167. The molecule has 3 aromatic rings. The third-order valence-corrected chi connectivity index (χ3v) is 3.28. The van der Waals surface area contributed by atoms with Crippen LogP contribution in [0.4, 0.5) is 0 Å². The lowest BCUT2D eigenvalue weighted by Crippen LogP contribution is -1.94. The standard InChI is InChI=1S/C18H18N2O/c1-2-11-19-20-12-10-16-13-17(8-9-18(16)20)21-14-15-6-4-3-5-7-15/h3-13H,2,14H2,1H3. The first-order valence-corrected chi connectivity index (χ1v) is 7.17. The number of hydrogen-bond donors (Lipinski definition) is 0. The Hall–Kier alpha value is -2.55. The molecular weight excluding hydrogens is 260 g/mol. The van der Waals surface area contributed by atoms with E-state index in [1.54, 1.807) is 0 Å². The van der Waals surface area contributed by atoms with E-state index >= 15 is 0 Å². The van der Waals surface area contributed by atoms with Gasteiger partial charge >= 0.3 is 0 Å². The molecule has 21 heavy (non-hydrogen) atoms. The van der Waals surface area contributed by atoms with Crippen LogP contribution in [0.25, 0.3) is 10.9 Å². The van der Waals surface area contributed by atoms with Gasteiger partial charge in [-0.1, -0.05) is 37.3 Å². The maximum Gasteiger partial charge on any atom is 0.120 e. The molecule has 1 aromatic heterocycles. The molecule has 2 aromatic carbocycles. The van der Waals surface area contributed by atoms with Crippen LogP contribution in [0.2, 0.25) is 0 Å². The minimum absolute atomic E-state index is 0.584. The van der Waals surface area contributed by atoms with Crippen LogP contribution in [-0.2, 0) is 6.61 Å². The summed E-state index contributed by atoms with van der Waals surface area (Å²) in [5.41, 5.74) is 2.26. The number of hydrogen-bond acceptors (Lipinski definition) is 2. The Morgan fingerprint density at radius 2 is 1.95 bits per heavy atom. The van der Waals surface area contributed by atoms with E-state index in [-0.39, 0.29) is 0 Å². The summed E-state index contributed by atoms with van der Waals surface area (Å²) < 4.78 is 7.73. The van der Waals surface area contributed by atoms with Gasteiger partial charge in [-0.2, -0.15) is 5.10 Å². The highest BCUT2D eigenvalue weighted by Crippen LogP contribution is 2.22. The van der Waals surface area contributed by atoms with Crippen molar-refractivity contribution in [3.8, 4) is 5.75 Å². The van der Waals surface area contributed by atoms with E-state index in [0.717, 1.165) is 23.1 Å². The van der Waals surface area contributed by atoms with Gasteiger partial charge in [-0.25, -0.2) is 4.68 Å². The average molecular weight is 278 g/mol. The molecule has 1 heterocycles. The van der Waals surface area contributed by atoms with Crippen molar-refractivity contribution in [2.45, 2.75) is 20.0 Å². The molecule has 0 bridgehead atoms. The number of fused-ring (bicyclic) bond motifs is 1. The van der Waals surface area contributed by atoms with Crippen molar-refractivity contribution in [2.24, 2.45) is 5.10 Å². The summed E-state index contributed by atoms with van der Waals surface area (Å²) in [5.74, 6) is 0.878. The van der Waals surface area contributed by atoms with E-state index in [2.05, 4.69) is 36.3 Å². The second-order valence-corrected chi connectivity index (χ2v) is 4.86. The fourth-order valence-corrected chi connectivity index (χ4v) is 2.21. The van der Waals surface area contributed by atoms with Gasteiger partial charge in [-0.3, -0.25) is 0 Å². The molecule has 3 rings (SSSR count). The number of nitrogens with zero attached hydrogens (tertiary/aromatic N) is 2. The van der Waals surface area contributed by atoms with Crippen LogP contribution in [0, 0.1) is 0 Å². The Bertz CT molecular complexity index is 744. The smallest absolute Gasteiger partial charge is 0.120 e. The molecule has 0 radical (unpaired) electrons. The van der Waals surface area contributed by atoms with E-state index < -0.39 is 0 Å². The predicted molar refractivity (Wildman–Crippen MR) is 86.9 cm³/mol. The van der Waals surface area contributed by atoms with Gasteiger partial charge < -0.3 is 4.74 Å². The van der Waals surface area contributed by atoms with E-state index in [4.69, 9.17) is 4.74 Å². The fourth-order valence-electron chi connectivity index (χ4n) is 2.21. The molecule has 0 unspecified atom stereocenters. The molecule has 3 nitrogen and oxygen atoms in total. The molecular formula is C18H18N2O. The predicted octanol–water partition coefficient (Wildman–Crippen LogP) is 4.46. The van der Waals surface area contributed by atoms with Gasteiger partial charge in [0.2, 0.25) is 0 Å². The third-order valence-electron chi connectivity index (χ3n) is 3.28. The maximum atomic E-state index is 5.84. The minimum atomic E-state index is 0.584. The summed E-state index contributed by atoms with van der Waals surface area (Å²) in [6.45, 7) is 2.66. The molecule has 0 saturated carbocycles. The highest BCUT2D eigenvalue weighted by atomic mass is 16.5. The first-order valence-electron chi connectivity index (χ1n) is 7.17. The second kappa shape index (κ2) is 6.27. The molecule has 0 N–H and O–H groups in total. The van der Waals surface area contributed by atoms with Crippen LogP contribution in [0.15, 0.2) is 65.9 Å². The largest absolute Gasteiger partial charge is 0.489 e. The molecule has 0 spiro atoms. The number of ether oxygens (including phenoxy) is 1. The van der Waals surface area contributed by atoms with Gasteiger partial charge in [0.05, 0.1) is 5.52 Å². The summed E-state index contributed by atoms with van der Waals surface area (Å²) in [4.78, 5) is 0. The van der Waals surface area contributed by atoms with E-state index in [9.17, 15) is 0 Å². The Kier molecular flexibility index (Phi) is 4.01. The molecule has 0 saturated heterocycles. The summed E-state index contributed by atoms with van der Waals surface area (Å²) in [5, 5.41) is 5.52. The van der Waals surface area contributed by atoms with Crippen molar-refractivity contribution >= 4 is 17.1 Å². The van der Waals surface area contributed by atoms with Gasteiger partial charge in [0.1, 0.15) is 12.4 Å². The Balaban J connectivity index is 1.77. The van der Waals surface area contributed by atoms with Gasteiger partial charge in [0, 0.05) is 17.8 Å². The van der Waals surface area contributed by atoms with Crippen LogP contribution < -0.4 is 4.74 Å². The van der Waals surface area contributed by atoms with Gasteiger partial charge in [-0.15, -0.1) is 0 Å². The van der Waals surface area contributed by atoms with Crippen LogP contribution in [0.3, 0.4) is 0 Å². The number of rotatable bonds is 5. The third kappa shape index (κ3) is 3.14. The summed E-state index contributed by atoms with van der Waals surface area (Å²) in [6, 6.07) is 18.3. The van der Waals surface area contributed by atoms with Crippen molar-refractivity contribution in [1.82, 2.24) is 4.68 Å². The van der Waals surface area contributed by atoms with Crippen LogP contribution in [0.5, 0.6) is 5.75 Å². The summed E-state index contributed by atoms with van der Waals surface area (Å²) in [6.07, 6.45) is 4.80. The zero-order valence-electron chi connectivity index (χ0n) is 12.1. The SMILES string of the molecule is CCC=Nn1ccc2cc(OCc3ccccc3)ccc21. The van der Waals surface area contributed by atoms with E-state index in [0.29, 0.717) is 6.61 Å². The van der Waals surface area contributed by atoms with Crippen molar-refractivity contribution in [1.29, 1.82) is 0 Å². The first-order chi connectivity index (χ1) is 10.4. The lowest BCUT2D eigenvalue weighted by Gasteiger charge is -2.06. The molecule has 0 aliphatic carbocycles. The topological polar surface area (TPSA) is 26.5 Å². The Labute approximate surface area is 124 Å². The van der Waals surface area contributed by atoms with E-state index in [1.165, 1.54) is 5.56 Å². The normalized spacial score (nSPS) is 11.3. The molecule has 106 valence electrons. The van der Waals surface area contributed by atoms with Crippen molar-refractivity contribution in [2.75, 3.05) is 0 Å². The van der Waals surface area contributed by atoms with E-state index in [1.807, 2.05) is 47.4 Å². The Morgan fingerprint density at radius 1 is 1.10 bits per heavy atom. The lowest BCUT2D eigenvalue weighted by molar-refractivity contribution is 0.306. The van der Waals surface area contributed by atoms with Crippen LogP contribution in [0.1, 0.15) is 18.9 Å². The van der Waals surface area contributed by atoms with Crippen molar-refractivity contribution < 1.29 is 4.74 Å². The molecule has 0 aliphatic rings. The second-order valence-electron chi connectivity index (χ2n) is 4.86. The highest BCUT2D eigenvalue weighted by Gasteiger charge is 2.02. The molecule has 0 fully saturated rings. The maximum absolute atomic E-state index is 5.84. The zero-order chi connectivity index (χ0) is 14.5. The number of benzene rings is 2. The Morgan fingerprint density at radius 3 is 2.76 bits per heavy atom.